The van der Waals surface area contributed by atoms with Gasteiger partial charge in [-0.3, -0.25) is 4.90 Å². The quantitative estimate of drug-likeness (QED) is 0.380. The number of hydrogen-bond acceptors (Lipinski definition) is 4. The second kappa shape index (κ2) is 6.12. The zero-order chi connectivity index (χ0) is 14.8. The second-order valence-corrected chi connectivity index (χ2v) is 6.21. The van der Waals surface area contributed by atoms with E-state index < -0.39 is 0 Å². The molecule has 0 amide bonds. The van der Waals surface area contributed by atoms with E-state index in [2.05, 4.69) is 15.0 Å². The van der Waals surface area contributed by atoms with Crippen molar-refractivity contribution in [2.75, 3.05) is 31.1 Å². The van der Waals surface area contributed by atoms with Crippen LogP contribution in [0.4, 0.5) is 5.69 Å². The highest BCUT2D eigenvalue weighted by Gasteiger charge is 2.29. The standard InChI is InChI=1S/C15H21ClN4O/c16-11-4-5-14(13(9-11)15(17)18-21)20-8-2-7-19-6-1-3-12(19)10-20/h4-5,9,12,21H,1-3,6-8,10H2,(H2,17,18). The number of amidine groups is 1. The van der Waals surface area contributed by atoms with Gasteiger partial charge >= 0.3 is 0 Å². The number of nitrogens with two attached hydrogens (primary N) is 1. The summed E-state index contributed by atoms with van der Waals surface area (Å²) < 4.78 is 0. The fraction of sp³-hybridized carbons (Fsp3) is 0.533. The van der Waals surface area contributed by atoms with Crippen LogP contribution in [0.15, 0.2) is 23.4 Å². The monoisotopic (exact) mass is 308 g/mol. The Bertz CT molecular complexity index is 548. The first-order valence-electron chi connectivity index (χ1n) is 7.45. The van der Waals surface area contributed by atoms with Gasteiger partial charge in [-0.1, -0.05) is 16.8 Å². The van der Waals surface area contributed by atoms with E-state index in [1.165, 1.54) is 19.4 Å². The first-order valence-corrected chi connectivity index (χ1v) is 7.83. The fourth-order valence-corrected chi connectivity index (χ4v) is 3.64. The Kier molecular flexibility index (Phi) is 4.22. The maximum atomic E-state index is 9.00. The van der Waals surface area contributed by atoms with Crippen LogP contribution in [0, 0.1) is 0 Å². The van der Waals surface area contributed by atoms with Crippen molar-refractivity contribution in [3.8, 4) is 0 Å². The van der Waals surface area contributed by atoms with E-state index >= 15 is 0 Å². The Hall–Kier alpha value is -1.46. The minimum Gasteiger partial charge on any atom is -0.409 e. The lowest BCUT2D eigenvalue weighted by Gasteiger charge is -2.28. The van der Waals surface area contributed by atoms with Crippen LogP contribution in [-0.2, 0) is 0 Å². The van der Waals surface area contributed by atoms with E-state index in [0.29, 0.717) is 16.6 Å². The summed E-state index contributed by atoms with van der Waals surface area (Å²) in [7, 11) is 0. The summed E-state index contributed by atoms with van der Waals surface area (Å²) in [6, 6.07) is 6.22. The van der Waals surface area contributed by atoms with Crippen LogP contribution in [0.5, 0.6) is 0 Å². The molecule has 0 aromatic heterocycles. The molecule has 0 saturated carbocycles. The Morgan fingerprint density at radius 3 is 2.90 bits per heavy atom. The van der Waals surface area contributed by atoms with Crippen LogP contribution in [0.2, 0.25) is 5.02 Å². The molecule has 114 valence electrons. The van der Waals surface area contributed by atoms with Crippen molar-refractivity contribution in [2.24, 2.45) is 10.9 Å². The van der Waals surface area contributed by atoms with Gasteiger partial charge < -0.3 is 15.8 Å². The van der Waals surface area contributed by atoms with Crippen molar-refractivity contribution < 1.29 is 5.21 Å². The molecule has 2 saturated heterocycles. The molecule has 3 rings (SSSR count). The zero-order valence-electron chi connectivity index (χ0n) is 12.0. The second-order valence-electron chi connectivity index (χ2n) is 5.78. The van der Waals surface area contributed by atoms with Gasteiger partial charge in [0.2, 0.25) is 0 Å². The van der Waals surface area contributed by atoms with Gasteiger partial charge in [0.25, 0.3) is 0 Å². The van der Waals surface area contributed by atoms with Crippen LogP contribution < -0.4 is 10.6 Å². The molecule has 1 unspecified atom stereocenters. The smallest absolute Gasteiger partial charge is 0.172 e. The molecule has 0 radical (unpaired) electrons. The summed E-state index contributed by atoms with van der Waals surface area (Å²) in [5.41, 5.74) is 7.53. The highest BCUT2D eigenvalue weighted by atomic mass is 35.5. The molecule has 0 bridgehead atoms. The van der Waals surface area contributed by atoms with Gasteiger partial charge in [-0.25, -0.2) is 0 Å². The minimum atomic E-state index is 0.111. The predicted octanol–water partition coefficient (Wildman–Crippen LogP) is 2.11. The van der Waals surface area contributed by atoms with Crippen molar-refractivity contribution in [1.82, 2.24) is 4.90 Å². The number of halogens is 1. The van der Waals surface area contributed by atoms with Gasteiger partial charge in [0.05, 0.1) is 0 Å². The summed E-state index contributed by atoms with van der Waals surface area (Å²) in [6.07, 6.45) is 3.67. The third kappa shape index (κ3) is 2.94. The number of fused-ring (bicyclic) bond motifs is 1. The molecule has 1 atom stereocenters. The molecule has 2 heterocycles. The third-order valence-electron chi connectivity index (χ3n) is 4.49. The summed E-state index contributed by atoms with van der Waals surface area (Å²) in [5, 5.41) is 12.7. The van der Waals surface area contributed by atoms with E-state index in [0.717, 1.165) is 31.7 Å². The topological polar surface area (TPSA) is 65.1 Å². The SMILES string of the molecule is NC(=NO)c1cc(Cl)ccc1N1CCCN2CCCC2C1. The molecule has 3 N–H and O–H groups in total. The van der Waals surface area contributed by atoms with Crippen LogP contribution >= 0.6 is 11.6 Å². The molecular weight excluding hydrogens is 288 g/mol. The van der Waals surface area contributed by atoms with E-state index in [1.54, 1.807) is 6.07 Å². The number of oxime groups is 1. The van der Waals surface area contributed by atoms with Gasteiger partial charge in [0, 0.05) is 41.9 Å². The molecule has 2 aliphatic rings. The van der Waals surface area contributed by atoms with Crippen molar-refractivity contribution in [2.45, 2.75) is 25.3 Å². The molecule has 5 nitrogen and oxygen atoms in total. The van der Waals surface area contributed by atoms with Crippen LogP contribution in [0.3, 0.4) is 0 Å². The maximum Gasteiger partial charge on any atom is 0.172 e. The van der Waals surface area contributed by atoms with E-state index in [1.807, 2.05) is 12.1 Å². The molecule has 0 spiro atoms. The highest BCUT2D eigenvalue weighted by Crippen LogP contribution is 2.29. The zero-order valence-corrected chi connectivity index (χ0v) is 12.8. The largest absolute Gasteiger partial charge is 0.409 e. The molecule has 1 aromatic carbocycles. The molecule has 21 heavy (non-hydrogen) atoms. The molecule has 0 aliphatic carbocycles. The predicted molar refractivity (Wildman–Crippen MR) is 85.4 cm³/mol. The lowest BCUT2D eigenvalue weighted by atomic mass is 10.1. The Labute approximate surface area is 130 Å². The summed E-state index contributed by atoms with van der Waals surface area (Å²) in [6.45, 7) is 4.35. The van der Waals surface area contributed by atoms with Gasteiger partial charge in [-0.2, -0.15) is 0 Å². The van der Waals surface area contributed by atoms with Crippen molar-refractivity contribution in [1.29, 1.82) is 0 Å². The van der Waals surface area contributed by atoms with Crippen LogP contribution in [-0.4, -0.2) is 48.2 Å². The molecular formula is C15H21ClN4O. The lowest BCUT2D eigenvalue weighted by Crippen LogP contribution is -2.37. The Morgan fingerprint density at radius 2 is 2.10 bits per heavy atom. The number of nitrogens with zero attached hydrogens (tertiary/aromatic N) is 3. The van der Waals surface area contributed by atoms with Crippen molar-refractivity contribution >= 4 is 23.1 Å². The Morgan fingerprint density at radius 1 is 1.29 bits per heavy atom. The first kappa shape index (κ1) is 14.5. The third-order valence-corrected chi connectivity index (χ3v) is 4.72. The molecule has 2 fully saturated rings. The van der Waals surface area contributed by atoms with E-state index in [9.17, 15) is 0 Å². The van der Waals surface area contributed by atoms with Gasteiger partial charge in [-0.15, -0.1) is 0 Å². The minimum absolute atomic E-state index is 0.111. The van der Waals surface area contributed by atoms with Crippen molar-refractivity contribution in [3.05, 3.63) is 28.8 Å². The number of hydrogen-bond donors (Lipinski definition) is 2. The number of anilines is 1. The van der Waals surface area contributed by atoms with Crippen molar-refractivity contribution in [3.63, 3.8) is 0 Å². The van der Waals surface area contributed by atoms with Crippen LogP contribution in [0.25, 0.3) is 0 Å². The first-order chi connectivity index (χ1) is 10.2. The fourth-order valence-electron chi connectivity index (χ4n) is 3.47. The lowest BCUT2D eigenvalue weighted by molar-refractivity contribution is 0.273. The van der Waals surface area contributed by atoms with E-state index in [4.69, 9.17) is 22.5 Å². The van der Waals surface area contributed by atoms with Gasteiger partial charge in [0.1, 0.15) is 0 Å². The van der Waals surface area contributed by atoms with Gasteiger partial charge in [-0.05, 0) is 44.0 Å². The molecule has 2 aliphatic heterocycles. The van der Waals surface area contributed by atoms with E-state index in [-0.39, 0.29) is 5.84 Å². The maximum absolute atomic E-state index is 9.00. The Balaban J connectivity index is 1.92. The summed E-state index contributed by atoms with van der Waals surface area (Å²) in [4.78, 5) is 4.93. The highest BCUT2D eigenvalue weighted by molar-refractivity contribution is 6.31. The summed E-state index contributed by atoms with van der Waals surface area (Å²) >= 11 is 6.06. The number of rotatable bonds is 2. The average molecular weight is 309 g/mol. The number of benzene rings is 1. The average Bonchev–Trinajstić information content (AvgIpc) is 2.83. The molecule has 1 aromatic rings. The molecule has 6 heteroatoms. The van der Waals surface area contributed by atoms with Gasteiger partial charge in [0.15, 0.2) is 5.84 Å². The summed E-state index contributed by atoms with van der Waals surface area (Å²) in [5.74, 6) is 0.111. The van der Waals surface area contributed by atoms with Crippen LogP contribution in [0.1, 0.15) is 24.8 Å². The normalized spacial score (nSPS) is 24.0.